The summed E-state index contributed by atoms with van der Waals surface area (Å²) in [6.45, 7) is 0.137. The predicted molar refractivity (Wildman–Crippen MR) is 71.6 cm³/mol. The zero-order valence-corrected chi connectivity index (χ0v) is 10.6. The van der Waals surface area contributed by atoms with Gasteiger partial charge in [-0.3, -0.25) is 0 Å². The van der Waals surface area contributed by atoms with Gasteiger partial charge in [0.1, 0.15) is 30.0 Å². The molecule has 0 heterocycles. The van der Waals surface area contributed by atoms with Crippen LogP contribution in [0.25, 0.3) is 0 Å². The van der Waals surface area contributed by atoms with Crippen LogP contribution in [0.15, 0.2) is 48.5 Å². The normalized spacial score (nSPS) is 11.9. The highest BCUT2D eigenvalue weighted by molar-refractivity contribution is 5.31. The van der Waals surface area contributed by atoms with Crippen molar-refractivity contribution in [1.29, 1.82) is 0 Å². The summed E-state index contributed by atoms with van der Waals surface area (Å²) in [4.78, 5) is 0. The zero-order valence-electron chi connectivity index (χ0n) is 10.6. The Balaban J connectivity index is 1.96. The van der Waals surface area contributed by atoms with Crippen LogP contribution in [-0.4, -0.2) is 23.9 Å². The summed E-state index contributed by atoms with van der Waals surface area (Å²) >= 11 is 0. The number of rotatable bonds is 5. The molecule has 2 aromatic rings. The van der Waals surface area contributed by atoms with Crippen LogP contribution >= 0.6 is 0 Å². The molecule has 0 saturated carbocycles. The molecule has 100 valence electrons. The standard InChI is InChI=1S/C15H16O4/c1-18-14-4-2-3-11(9-14)15(17)10-19-13-7-5-12(16)6-8-13/h2-9,15-17H,10H2,1H3. The summed E-state index contributed by atoms with van der Waals surface area (Å²) in [6.07, 6.45) is -0.732. The van der Waals surface area contributed by atoms with Gasteiger partial charge in [0, 0.05) is 0 Å². The van der Waals surface area contributed by atoms with E-state index in [4.69, 9.17) is 14.6 Å². The number of aliphatic hydroxyl groups is 1. The second kappa shape index (κ2) is 6.11. The lowest BCUT2D eigenvalue weighted by atomic mass is 10.1. The van der Waals surface area contributed by atoms with Crippen molar-refractivity contribution < 1.29 is 19.7 Å². The van der Waals surface area contributed by atoms with Crippen molar-refractivity contribution in [2.75, 3.05) is 13.7 Å². The first-order valence-corrected chi connectivity index (χ1v) is 5.93. The Kier molecular flexibility index (Phi) is 4.26. The van der Waals surface area contributed by atoms with Gasteiger partial charge < -0.3 is 19.7 Å². The van der Waals surface area contributed by atoms with E-state index in [9.17, 15) is 5.11 Å². The number of hydrogen-bond donors (Lipinski definition) is 2. The molecule has 0 fully saturated rings. The van der Waals surface area contributed by atoms with Gasteiger partial charge in [-0.25, -0.2) is 0 Å². The van der Waals surface area contributed by atoms with Gasteiger partial charge >= 0.3 is 0 Å². The van der Waals surface area contributed by atoms with E-state index in [2.05, 4.69) is 0 Å². The molecule has 2 rings (SSSR count). The van der Waals surface area contributed by atoms with E-state index in [1.165, 1.54) is 12.1 Å². The minimum Gasteiger partial charge on any atom is -0.508 e. The van der Waals surface area contributed by atoms with Crippen molar-refractivity contribution in [3.63, 3.8) is 0 Å². The Labute approximate surface area is 111 Å². The lowest BCUT2D eigenvalue weighted by Gasteiger charge is -2.13. The van der Waals surface area contributed by atoms with Crippen LogP contribution < -0.4 is 9.47 Å². The van der Waals surface area contributed by atoms with E-state index >= 15 is 0 Å². The number of phenols is 1. The topological polar surface area (TPSA) is 58.9 Å². The molecule has 0 amide bonds. The third kappa shape index (κ3) is 3.63. The summed E-state index contributed by atoms with van der Waals surface area (Å²) in [6, 6.07) is 13.6. The summed E-state index contributed by atoms with van der Waals surface area (Å²) in [5.41, 5.74) is 0.734. The molecule has 0 aliphatic rings. The number of aromatic hydroxyl groups is 1. The third-order valence-corrected chi connectivity index (χ3v) is 2.72. The predicted octanol–water partition coefficient (Wildman–Crippen LogP) is 2.51. The van der Waals surface area contributed by atoms with E-state index in [-0.39, 0.29) is 12.4 Å². The van der Waals surface area contributed by atoms with Gasteiger partial charge in [-0.2, -0.15) is 0 Å². The maximum Gasteiger partial charge on any atom is 0.119 e. The van der Waals surface area contributed by atoms with Crippen LogP contribution in [0.4, 0.5) is 0 Å². The van der Waals surface area contributed by atoms with E-state index < -0.39 is 6.10 Å². The molecule has 1 atom stereocenters. The van der Waals surface area contributed by atoms with Gasteiger partial charge in [-0.1, -0.05) is 12.1 Å². The summed E-state index contributed by atoms with van der Waals surface area (Å²) in [5.74, 6) is 1.47. The Hall–Kier alpha value is -2.20. The number of hydrogen-bond acceptors (Lipinski definition) is 4. The van der Waals surface area contributed by atoms with Crippen LogP contribution in [0.2, 0.25) is 0 Å². The molecule has 4 nitrogen and oxygen atoms in total. The molecule has 0 spiro atoms. The average molecular weight is 260 g/mol. The van der Waals surface area contributed by atoms with Crippen LogP contribution in [0.3, 0.4) is 0 Å². The molecule has 0 bridgehead atoms. The van der Waals surface area contributed by atoms with Crippen LogP contribution in [0.1, 0.15) is 11.7 Å². The lowest BCUT2D eigenvalue weighted by Crippen LogP contribution is -2.09. The average Bonchev–Trinajstić information content (AvgIpc) is 2.46. The molecule has 19 heavy (non-hydrogen) atoms. The largest absolute Gasteiger partial charge is 0.508 e. The molecule has 2 aromatic carbocycles. The fourth-order valence-corrected chi connectivity index (χ4v) is 1.66. The first-order valence-electron chi connectivity index (χ1n) is 5.93. The summed E-state index contributed by atoms with van der Waals surface area (Å²) in [7, 11) is 1.58. The first-order chi connectivity index (χ1) is 9.19. The lowest BCUT2D eigenvalue weighted by molar-refractivity contribution is 0.108. The first kappa shape index (κ1) is 13.2. The number of aliphatic hydroxyl groups excluding tert-OH is 1. The monoisotopic (exact) mass is 260 g/mol. The molecule has 0 radical (unpaired) electrons. The van der Waals surface area contributed by atoms with Crippen molar-refractivity contribution in [1.82, 2.24) is 0 Å². The van der Waals surface area contributed by atoms with Gasteiger partial charge in [0.05, 0.1) is 7.11 Å². The van der Waals surface area contributed by atoms with Crippen molar-refractivity contribution in [3.05, 3.63) is 54.1 Å². The third-order valence-electron chi connectivity index (χ3n) is 2.72. The highest BCUT2D eigenvalue weighted by atomic mass is 16.5. The number of benzene rings is 2. The maximum absolute atomic E-state index is 10.0. The molecule has 0 saturated heterocycles. The fourth-order valence-electron chi connectivity index (χ4n) is 1.66. The molecular weight excluding hydrogens is 244 g/mol. The molecule has 0 aromatic heterocycles. The number of phenolic OH excluding ortho intramolecular Hbond substituents is 1. The molecule has 4 heteroatoms. The van der Waals surface area contributed by atoms with Crippen molar-refractivity contribution in [2.45, 2.75) is 6.10 Å². The maximum atomic E-state index is 10.0. The molecule has 0 aliphatic carbocycles. The van der Waals surface area contributed by atoms with Gasteiger partial charge in [-0.05, 0) is 42.0 Å². The minimum absolute atomic E-state index is 0.137. The molecule has 2 N–H and O–H groups in total. The quantitative estimate of drug-likeness (QED) is 0.867. The highest BCUT2D eigenvalue weighted by Crippen LogP contribution is 2.21. The van der Waals surface area contributed by atoms with Crippen LogP contribution in [-0.2, 0) is 0 Å². The van der Waals surface area contributed by atoms with Crippen molar-refractivity contribution in [2.24, 2.45) is 0 Å². The number of ether oxygens (including phenoxy) is 2. The Morgan fingerprint density at radius 2 is 1.79 bits per heavy atom. The highest BCUT2D eigenvalue weighted by Gasteiger charge is 2.09. The van der Waals surface area contributed by atoms with Gasteiger partial charge in [0.25, 0.3) is 0 Å². The van der Waals surface area contributed by atoms with E-state index in [1.807, 2.05) is 18.2 Å². The molecule has 0 aliphatic heterocycles. The molecular formula is C15H16O4. The Bertz CT molecular complexity index is 522. The van der Waals surface area contributed by atoms with E-state index in [1.54, 1.807) is 25.3 Å². The van der Waals surface area contributed by atoms with E-state index in [0.717, 1.165) is 5.56 Å². The van der Waals surface area contributed by atoms with Crippen molar-refractivity contribution in [3.8, 4) is 17.2 Å². The van der Waals surface area contributed by atoms with E-state index in [0.29, 0.717) is 11.5 Å². The number of methoxy groups -OCH3 is 1. The zero-order chi connectivity index (χ0) is 13.7. The molecule has 1 unspecified atom stereocenters. The summed E-state index contributed by atoms with van der Waals surface area (Å²) in [5, 5.41) is 19.2. The minimum atomic E-state index is -0.732. The Morgan fingerprint density at radius 1 is 1.05 bits per heavy atom. The summed E-state index contributed by atoms with van der Waals surface area (Å²) < 4.78 is 10.6. The van der Waals surface area contributed by atoms with Crippen LogP contribution in [0, 0.1) is 0 Å². The Morgan fingerprint density at radius 3 is 2.47 bits per heavy atom. The fraction of sp³-hybridized carbons (Fsp3) is 0.200. The van der Waals surface area contributed by atoms with Gasteiger partial charge in [-0.15, -0.1) is 0 Å². The smallest absolute Gasteiger partial charge is 0.119 e. The van der Waals surface area contributed by atoms with Gasteiger partial charge in [0.15, 0.2) is 0 Å². The SMILES string of the molecule is COc1cccc(C(O)COc2ccc(O)cc2)c1. The second-order valence-electron chi connectivity index (χ2n) is 4.10. The van der Waals surface area contributed by atoms with Crippen LogP contribution in [0.5, 0.6) is 17.2 Å². The second-order valence-corrected chi connectivity index (χ2v) is 4.10. The van der Waals surface area contributed by atoms with Crippen molar-refractivity contribution >= 4 is 0 Å². The van der Waals surface area contributed by atoms with Gasteiger partial charge in [0.2, 0.25) is 0 Å².